The zero-order chi connectivity index (χ0) is 14.3. The van der Waals surface area contributed by atoms with Crippen molar-refractivity contribution in [1.29, 1.82) is 0 Å². The molecule has 1 aromatic carbocycles. The number of nitrogens with one attached hydrogen (secondary N) is 2. The molecule has 1 amide bonds. The lowest BCUT2D eigenvalue weighted by molar-refractivity contribution is 0.0951. The van der Waals surface area contributed by atoms with Gasteiger partial charge in [-0.05, 0) is 32.6 Å². The van der Waals surface area contributed by atoms with Crippen LogP contribution in [-0.4, -0.2) is 44.5 Å². The van der Waals surface area contributed by atoms with Gasteiger partial charge in [-0.2, -0.15) is 0 Å². The maximum atomic E-state index is 13.7. The molecule has 106 valence electrons. The average Bonchev–Trinajstić information content (AvgIpc) is 2.36. The normalized spacial score (nSPS) is 10.6. The minimum atomic E-state index is -0.395. The predicted octanol–water partition coefficient (Wildman–Crippen LogP) is 1.94. The second-order valence-electron chi connectivity index (χ2n) is 4.65. The van der Waals surface area contributed by atoms with Crippen LogP contribution in [0.4, 0.5) is 10.1 Å². The highest BCUT2D eigenvalue weighted by atomic mass is 19.1. The van der Waals surface area contributed by atoms with E-state index in [-0.39, 0.29) is 11.6 Å². The largest absolute Gasteiger partial charge is 0.382 e. The summed E-state index contributed by atoms with van der Waals surface area (Å²) in [4.78, 5) is 14.0. The molecule has 0 bridgehead atoms. The summed E-state index contributed by atoms with van der Waals surface area (Å²) in [6.45, 7) is 3.91. The van der Waals surface area contributed by atoms with Gasteiger partial charge >= 0.3 is 0 Å². The number of para-hydroxylation sites is 1. The molecular weight excluding hydrogens is 245 g/mol. The third kappa shape index (κ3) is 4.87. The van der Waals surface area contributed by atoms with Crippen LogP contribution < -0.4 is 10.6 Å². The fourth-order valence-corrected chi connectivity index (χ4v) is 1.63. The molecule has 0 aliphatic carbocycles. The number of carbonyl (C=O) groups excluding carboxylic acids is 1. The van der Waals surface area contributed by atoms with Gasteiger partial charge in [-0.25, -0.2) is 4.39 Å². The molecule has 0 aromatic heterocycles. The lowest BCUT2D eigenvalue weighted by atomic mass is 10.1. The van der Waals surface area contributed by atoms with Gasteiger partial charge in [0.1, 0.15) is 5.82 Å². The molecule has 0 saturated heterocycles. The van der Waals surface area contributed by atoms with E-state index in [0.29, 0.717) is 18.7 Å². The summed E-state index contributed by atoms with van der Waals surface area (Å²) in [5.74, 6) is -0.645. The van der Waals surface area contributed by atoms with Crippen molar-refractivity contribution in [2.75, 3.05) is 39.0 Å². The maximum absolute atomic E-state index is 13.7. The third-order valence-electron chi connectivity index (χ3n) is 2.65. The van der Waals surface area contributed by atoms with Gasteiger partial charge in [-0.1, -0.05) is 13.0 Å². The molecule has 1 rings (SSSR count). The molecule has 1 aromatic rings. The van der Waals surface area contributed by atoms with Gasteiger partial charge < -0.3 is 15.5 Å². The van der Waals surface area contributed by atoms with E-state index in [1.807, 2.05) is 25.9 Å². The number of halogens is 1. The molecule has 0 saturated carbocycles. The number of likely N-dealkylation sites (N-methyl/N-ethyl adjacent to an activating group) is 1. The lowest BCUT2D eigenvalue weighted by Gasteiger charge is -2.14. The van der Waals surface area contributed by atoms with Gasteiger partial charge in [0.25, 0.3) is 5.91 Å². The highest BCUT2D eigenvalue weighted by Gasteiger charge is 2.14. The first-order valence-electron chi connectivity index (χ1n) is 6.51. The topological polar surface area (TPSA) is 44.4 Å². The number of amides is 1. The van der Waals surface area contributed by atoms with Crippen LogP contribution in [0.3, 0.4) is 0 Å². The van der Waals surface area contributed by atoms with Crippen molar-refractivity contribution in [3.8, 4) is 0 Å². The van der Waals surface area contributed by atoms with Crippen molar-refractivity contribution in [1.82, 2.24) is 10.2 Å². The average molecular weight is 267 g/mol. The van der Waals surface area contributed by atoms with Crippen LogP contribution in [0.1, 0.15) is 23.7 Å². The highest BCUT2D eigenvalue weighted by Crippen LogP contribution is 2.19. The Morgan fingerprint density at radius 3 is 2.68 bits per heavy atom. The number of benzene rings is 1. The Hall–Kier alpha value is -1.62. The Morgan fingerprint density at radius 1 is 1.32 bits per heavy atom. The van der Waals surface area contributed by atoms with Crippen LogP contribution in [0.15, 0.2) is 18.2 Å². The highest BCUT2D eigenvalue weighted by molar-refractivity contribution is 5.99. The van der Waals surface area contributed by atoms with E-state index in [1.165, 1.54) is 6.07 Å². The molecule has 0 heterocycles. The van der Waals surface area contributed by atoms with Crippen molar-refractivity contribution < 1.29 is 9.18 Å². The second kappa shape index (κ2) is 7.74. The standard InChI is InChI=1S/C14H22FN3O/c1-4-8-16-13-11(6-5-7-12(13)15)14(19)17-9-10-18(2)3/h5-7,16H,4,8-10H2,1-3H3,(H,17,19). The lowest BCUT2D eigenvalue weighted by Crippen LogP contribution is -2.31. The summed E-state index contributed by atoms with van der Waals surface area (Å²) in [5.41, 5.74) is 0.638. The van der Waals surface area contributed by atoms with E-state index >= 15 is 0 Å². The van der Waals surface area contributed by atoms with Crippen LogP contribution >= 0.6 is 0 Å². The Kier molecular flexibility index (Phi) is 6.29. The van der Waals surface area contributed by atoms with Crippen molar-refractivity contribution in [2.45, 2.75) is 13.3 Å². The van der Waals surface area contributed by atoms with E-state index in [9.17, 15) is 9.18 Å². The molecule has 2 N–H and O–H groups in total. The molecule has 0 radical (unpaired) electrons. The Balaban J connectivity index is 2.75. The molecule has 0 aliphatic rings. The van der Waals surface area contributed by atoms with Gasteiger partial charge in [0.05, 0.1) is 11.3 Å². The molecule has 0 fully saturated rings. The zero-order valence-corrected chi connectivity index (χ0v) is 11.8. The Labute approximate surface area is 114 Å². The molecule has 0 unspecified atom stereocenters. The van der Waals surface area contributed by atoms with Crippen LogP contribution in [-0.2, 0) is 0 Å². The van der Waals surface area contributed by atoms with Gasteiger partial charge in [0, 0.05) is 19.6 Å². The first kappa shape index (κ1) is 15.4. The van der Waals surface area contributed by atoms with Gasteiger partial charge in [0.15, 0.2) is 0 Å². The van der Waals surface area contributed by atoms with E-state index < -0.39 is 5.82 Å². The Morgan fingerprint density at radius 2 is 2.05 bits per heavy atom. The van der Waals surface area contributed by atoms with E-state index in [1.54, 1.807) is 12.1 Å². The van der Waals surface area contributed by atoms with Crippen molar-refractivity contribution >= 4 is 11.6 Å². The number of rotatable bonds is 7. The summed E-state index contributed by atoms with van der Waals surface area (Å²) in [6.07, 6.45) is 0.871. The van der Waals surface area contributed by atoms with E-state index in [2.05, 4.69) is 10.6 Å². The van der Waals surface area contributed by atoms with Gasteiger partial charge in [-0.3, -0.25) is 4.79 Å². The van der Waals surface area contributed by atoms with Gasteiger partial charge in [0.2, 0.25) is 0 Å². The smallest absolute Gasteiger partial charge is 0.253 e. The monoisotopic (exact) mass is 267 g/mol. The van der Waals surface area contributed by atoms with Gasteiger partial charge in [-0.15, -0.1) is 0 Å². The SMILES string of the molecule is CCCNc1c(F)cccc1C(=O)NCCN(C)C. The fourth-order valence-electron chi connectivity index (χ4n) is 1.63. The van der Waals surface area contributed by atoms with E-state index in [4.69, 9.17) is 0 Å². The minimum Gasteiger partial charge on any atom is -0.382 e. The first-order chi connectivity index (χ1) is 9.06. The van der Waals surface area contributed by atoms with E-state index in [0.717, 1.165) is 13.0 Å². The van der Waals surface area contributed by atoms with Crippen LogP contribution in [0.25, 0.3) is 0 Å². The molecule has 4 nitrogen and oxygen atoms in total. The zero-order valence-electron chi connectivity index (χ0n) is 11.8. The molecule has 0 aliphatic heterocycles. The number of carbonyl (C=O) groups is 1. The Bertz CT molecular complexity index is 421. The summed E-state index contributed by atoms with van der Waals surface area (Å²) in [6, 6.07) is 4.54. The number of hydrogen-bond donors (Lipinski definition) is 2. The summed E-state index contributed by atoms with van der Waals surface area (Å²) < 4.78 is 13.7. The fraction of sp³-hybridized carbons (Fsp3) is 0.500. The summed E-state index contributed by atoms with van der Waals surface area (Å²) in [7, 11) is 3.87. The minimum absolute atomic E-state index is 0.250. The molecular formula is C14H22FN3O. The predicted molar refractivity (Wildman–Crippen MR) is 76.1 cm³/mol. The number of hydrogen-bond acceptors (Lipinski definition) is 3. The molecule has 19 heavy (non-hydrogen) atoms. The van der Waals surface area contributed by atoms with Crippen LogP contribution in [0.5, 0.6) is 0 Å². The van der Waals surface area contributed by atoms with Crippen LogP contribution in [0, 0.1) is 5.82 Å². The maximum Gasteiger partial charge on any atom is 0.253 e. The second-order valence-corrected chi connectivity index (χ2v) is 4.65. The molecule has 5 heteroatoms. The first-order valence-corrected chi connectivity index (χ1v) is 6.51. The third-order valence-corrected chi connectivity index (χ3v) is 2.65. The van der Waals surface area contributed by atoms with Crippen molar-refractivity contribution in [2.24, 2.45) is 0 Å². The summed E-state index contributed by atoms with van der Waals surface area (Å²) in [5, 5.41) is 5.75. The molecule has 0 atom stereocenters. The van der Waals surface area contributed by atoms with Crippen molar-refractivity contribution in [3.05, 3.63) is 29.6 Å². The number of nitrogens with zero attached hydrogens (tertiary/aromatic N) is 1. The van der Waals surface area contributed by atoms with Crippen molar-refractivity contribution in [3.63, 3.8) is 0 Å². The summed E-state index contributed by atoms with van der Waals surface area (Å²) >= 11 is 0. The van der Waals surface area contributed by atoms with Crippen LogP contribution in [0.2, 0.25) is 0 Å². The number of anilines is 1. The molecule has 0 spiro atoms. The quantitative estimate of drug-likeness (QED) is 0.793.